The van der Waals surface area contributed by atoms with Gasteiger partial charge in [-0.1, -0.05) is 0 Å². The average Bonchev–Trinajstić information content (AvgIpc) is 3.01. The van der Waals surface area contributed by atoms with Crippen LogP contribution in [0.25, 0.3) is 0 Å². The van der Waals surface area contributed by atoms with Crippen molar-refractivity contribution in [2.24, 2.45) is 5.92 Å². The number of carbonyl (C=O) groups is 1. The summed E-state index contributed by atoms with van der Waals surface area (Å²) in [5.41, 5.74) is 0.176. The SMILES string of the molecule is O=C1CC[C@]2(CCCN(CC3CC3)CC2)N1. The minimum Gasteiger partial charge on any atom is -0.351 e. The third kappa shape index (κ3) is 2.24. The van der Waals surface area contributed by atoms with Gasteiger partial charge in [0.05, 0.1) is 0 Å². The van der Waals surface area contributed by atoms with Crippen molar-refractivity contribution in [3.05, 3.63) is 0 Å². The molecule has 0 unspecified atom stereocenters. The van der Waals surface area contributed by atoms with Crippen molar-refractivity contribution in [2.75, 3.05) is 19.6 Å². The molecule has 16 heavy (non-hydrogen) atoms. The zero-order valence-electron chi connectivity index (χ0n) is 10.0. The first kappa shape index (κ1) is 10.6. The average molecular weight is 222 g/mol. The van der Waals surface area contributed by atoms with Gasteiger partial charge in [0.15, 0.2) is 0 Å². The van der Waals surface area contributed by atoms with Crippen molar-refractivity contribution in [3.63, 3.8) is 0 Å². The summed E-state index contributed by atoms with van der Waals surface area (Å²) in [7, 11) is 0. The Morgan fingerprint density at radius 1 is 1.25 bits per heavy atom. The van der Waals surface area contributed by atoms with Crippen LogP contribution in [0.2, 0.25) is 0 Å². The molecule has 1 spiro atoms. The van der Waals surface area contributed by atoms with Crippen molar-refractivity contribution in [1.82, 2.24) is 10.2 Å². The summed E-state index contributed by atoms with van der Waals surface area (Å²) in [4.78, 5) is 14.0. The van der Waals surface area contributed by atoms with Crippen LogP contribution in [-0.2, 0) is 4.79 Å². The van der Waals surface area contributed by atoms with Crippen LogP contribution in [-0.4, -0.2) is 36.0 Å². The van der Waals surface area contributed by atoms with Crippen molar-refractivity contribution < 1.29 is 4.79 Å². The summed E-state index contributed by atoms with van der Waals surface area (Å²) in [5.74, 6) is 1.27. The van der Waals surface area contributed by atoms with E-state index in [-0.39, 0.29) is 11.4 Å². The molecule has 3 rings (SSSR count). The topological polar surface area (TPSA) is 32.3 Å². The van der Waals surface area contributed by atoms with E-state index in [4.69, 9.17) is 0 Å². The Kier molecular flexibility index (Phi) is 2.66. The highest BCUT2D eigenvalue weighted by atomic mass is 16.2. The summed E-state index contributed by atoms with van der Waals surface area (Å²) in [6.45, 7) is 3.74. The van der Waals surface area contributed by atoms with Gasteiger partial charge >= 0.3 is 0 Å². The first-order valence-electron chi connectivity index (χ1n) is 6.79. The van der Waals surface area contributed by atoms with Crippen molar-refractivity contribution in [3.8, 4) is 0 Å². The molecule has 2 heterocycles. The van der Waals surface area contributed by atoms with Gasteiger partial charge in [0, 0.05) is 25.0 Å². The molecule has 2 aliphatic heterocycles. The Balaban J connectivity index is 1.57. The minimum atomic E-state index is 0.176. The van der Waals surface area contributed by atoms with E-state index in [9.17, 15) is 4.79 Å². The number of hydrogen-bond acceptors (Lipinski definition) is 2. The maximum absolute atomic E-state index is 11.4. The monoisotopic (exact) mass is 222 g/mol. The smallest absolute Gasteiger partial charge is 0.220 e. The lowest BCUT2D eigenvalue weighted by Gasteiger charge is -2.27. The molecular formula is C13H22N2O. The Labute approximate surface area is 97.6 Å². The van der Waals surface area contributed by atoms with Gasteiger partial charge in [-0.05, 0) is 51.0 Å². The van der Waals surface area contributed by atoms with E-state index in [1.165, 1.54) is 51.7 Å². The van der Waals surface area contributed by atoms with Crippen LogP contribution in [0.15, 0.2) is 0 Å². The fraction of sp³-hybridized carbons (Fsp3) is 0.923. The van der Waals surface area contributed by atoms with Gasteiger partial charge in [0.25, 0.3) is 0 Å². The van der Waals surface area contributed by atoms with Gasteiger partial charge in [-0.3, -0.25) is 4.79 Å². The highest BCUT2D eigenvalue weighted by Crippen LogP contribution is 2.34. The molecule has 1 N–H and O–H groups in total. The van der Waals surface area contributed by atoms with Gasteiger partial charge in [-0.15, -0.1) is 0 Å². The normalized spacial score (nSPS) is 36.4. The van der Waals surface area contributed by atoms with E-state index in [1.54, 1.807) is 0 Å². The van der Waals surface area contributed by atoms with Crippen LogP contribution in [0.4, 0.5) is 0 Å². The number of hydrogen-bond donors (Lipinski definition) is 1. The zero-order valence-corrected chi connectivity index (χ0v) is 10.0. The highest BCUT2D eigenvalue weighted by molar-refractivity contribution is 5.79. The predicted molar refractivity (Wildman–Crippen MR) is 63.1 cm³/mol. The number of carbonyl (C=O) groups excluding carboxylic acids is 1. The first-order valence-corrected chi connectivity index (χ1v) is 6.79. The Hall–Kier alpha value is -0.570. The Morgan fingerprint density at radius 3 is 2.81 bits per heavy atom. The van der Waals surface area contributed by atoms with Crippen molar-refractivity contribution in [1.29, 1.82) is 0 Å². The molecule has 0 aromatic carbocycles. The van der Waals surface area contributed by atoms with E-state index in [0.29, 0.717) is 0 Å². The Bertz CT molecular complexity index is 288. The second kappa shape index (κ2) is 4.02. The van der Waals surface area contributed by atoms with Gasteiger partial charge in [-0.2, -0.15) is 0 Å². The van der Waals surface area contributed by atoms with Gasteiger partial charge in [0.2, 0.25) is 5.91 Å². The standard InChI is InChI=1S/C13H22N2O/c16-12-4-6-13(14-12)5-1-8-15(9-7-13)10-11-2-3-11/h11H,1-10H2,(H,14,16)/t13-/m0/s1. The minimum absolute atomic E-state index is 0.176. The quantitative estimate of drug-likeness (QED) is 0.768. The molecule has 90 valence electrons. The molecule has 0 radical (unpaired) electrons. The molecule has 1 aliphatic carbocycles. The van der Waals surface area contributed by atoms with E-state index in [2.05, 4.69) is 10.2 Å². The van der Waals surface area contributed by atoms with Crippen LogP contribution in [0.3, 0.4) is 0 Å². The molecule has 0 bridgehead atoms. The van der Waals surface area contributed by atoms with Crippen LogP contribution < -0.4 is 5.32 Å². The van der Waals surface area contributed by atoms with Gasteiger partial charge < -0.3 is 10.2 Å². The summed E-state index contributed by atoms with van der Waals surface area (Å²) in [6, 6.07) is 0. The molecule has 0 aromatic rings. The van der Waals surface area contributed by atoms with Gasteiger partial charge in [-0.25, -0.2) is 0 Å². The second-order valence-electron chi connectivity index (χ2n) is 5.93. The first-order chi connectivity index (χ1) is 7.76. The van der Waals surface area contributed by atoms with Crippen molar-refractivity contribution >= 4 is 5.91 Å². The van der Waals surface area contributed by atoms with Crippen LogP contribution in [0.1, 0.15) is 44.9 Å². The number of amides is 1. The zero-order chi connectivity index (χ0) is 11.0. The second-order valence-corrected chi connectivity index (χ2v) is 5.93. The summed E-state index contributed by atoms with van der Waals surface area (Å²) < 4.78 is 0. The fourth-order valence-corrected chi connectivity index (χ4v) is 3.25. The number of nitrogens with zero attached hydrogens (tertiary/aromatic N) is 1. The molecule has 2 saturated heterocycles. The maximum atomic E-state index is 11.4. The molecule has 1 amide bonds. The number of rotatable bonds is 2. The maximum Gasteiger partial charge on any atom is 0.220 e. The summed E-state index contributed by atoms with van der Waals surface area (Å²) in [6.07, 6.45) is 8.33. The van der Waals surface area contributed by atoms with E-state index >= 15 is 0 Å². The molecule has 3 nitrogen and oxygen atoms in total. The third-order valence-corrected chi connectivity index (χ3v) is 4.48. The van der Waals surface area contributed by atoms with E-state index in [1.807, 2.05) is 0 Å². The molecule has 3 aliphatic rings. The summed E-state index contributed by atoms with van der Waals surface area (Å²) >= 11 is 0. The third-order valence-electron chi connectivity index (χ3n) is 4.48. The molecule has 1 saturated carbocycles. The molecule has 1 atom stereocenters. The van der Waals surface area contributed by atoms with Crippen molar-refractivity contribution in [2.45, 2.75) is 50.5 Å². The fourth-order valence-electron chi connectivity index (χ4n) is 3.25. The molecule has 3 fully saturated rings. The van der Waals surface area contributed by atoms with Crippen LogP contribution in [0.5, 0.6) is 0 Å². The highest BCUT2D eigenvalue weighted by Gasteiger charge is 2.39. The van der Waals surface area contributed by atoms with Crippen LogP contribution >= 0.6 is 0 Å². The predicted octanol–water partition coefficient (Wildman–Crippen LogP) is 1.53. The number of nitrogens with one attached hydrogen (secondary N) is 1. The van der Waals surface area contributed by atoms with E-state index in [0.717, 1.165) is 18.8 Å². The lowest BCUT2D eigenvalue weighted by atomic mass is 9.89. The van der Waals surface area contributed by atoms with Gasteiger partial charge in [0.1, 0.15) is 0 Å². The molecule has 3 heteroatoms. The summed E-state index contributed by atoms with van der Waals surface area (Å²) in [5, 5.41) is 3.23. The largest absolute Gasteiger partial charge is 0.351 e. The Morgan fingerprint density at radius 2 is 2.12 bits per heavy atom. The molecule has 0 aromatic heterocycles. The lowest BCUT2D eigenvalue weighted by molar-refractivity contribution is -0.119. The van der Waals surface area contributed by atoms with E-state index < -0.39 is 0 Å². The number of likely N-dealkylation sites (tertiary alicyclic amines) is 1. The van der Waals surface area contributed by atoms with Crippen LogP contribution in [0, 0.1) is 5.92 Å². The lowest BCUT2D eigenvalue weighted by Crippen LogP contribution is -2.42. The molecular weight excluding hydrogens is 200 g/mol.